The number of hydrogen-bond acceptors (Lipinski definition) is 4. The lowest BCUT2D eigenvalue weighted by Crippen LogP contribution is -2.37. The third kappa shape index (κ3) is 5.06. The Morgan fingerprint density at radius 3 is 2.57 bits per heavy atom. The predicted octanol–water partition coefficient (Wildman–Crippen LogP) is 3.40. The molecule has 1 aliphatic heterocycles. The van der Waals surface area contributed by atoms with Crippen LogP contribution >= 0.6 is 11.6 Å². The first-order valence-electron chi connectivity index (χ1n) is 11.6. The largest absolute Gasteiger partial charge is 0.348 e. The maximum atomic E-state index is 13.1. The minimum Gasteiger partial charge on any atom is -0.348 e. The van der Waals surface area contributed by atoms with Crippen molar-refractivity contribution in [2.75, 3.05) is 13.1 Å². The highest BCUT2D eigenvalue weighted by Gasteiger charge is 2.25. The summed E-state index contributed by atoms with van der Waals surface area (Å²) in [4.78, 5) is 42.4. The SMILES string of the molecule is O=C(NC1CCN(Cc2ccccc2)C1)c1cc(Cn2c(=O)[nH]c(=O)c3ccccc32)ccc1Cl. The van der Waals surface area contributed by atoms with Crippen LogP contribution in [0.25, 0.3) is 10.9 Å². The Bertz CT molecular complexity index is 1500. The minimum atomic E-state index is -0.501. The van der Waals surface area contributed by atoms with Gasteiger partial charge in [0, 0.05) is 25.7 Å². The number of aromatic amines is 1. The summed E-state index contributed by atoms with van der Waals surface area (Å²) in [5, 5.41) is 3.89. The molecule has 0 radical (unpaired) electrons. The Morgan fingerprint density at radius 1 is 0.971 bits per heavy atom. The van der Waals surface area contributed by atoms with Crippen molar-refractivity contribution in [1.82, 2.24) is 19.8 Å². The predicted molar refractivity (Wildman–Crippen MR) is 137 cm³/mol. The van der Waals surface area contributed by atoms with Crippen molar-refractivity contribution >= 4 is 28.4 Å². The summed E-state index contributed by atoms with van der Waals surface area (Å²) >= 11 is 6.38. The van der Waals surface area contributed by atoms with Gasteiger partial charge < -0.3 is 5.32 Å². The average Bonchev–Trinajstić information content (AvgIpc) is 3.29. The fourth-order valence-corrected chi connectivity index (χ4v) is 4.83. The molecule has 4 aromatic rings. The molecule has 1 amide bonds. The zero-order valence-electron chi connectivity index (χ0n) is 19.0. The number of aromatic nitrogens is 2. The molecule has 1 fully saturated rings. The van der Waals surface area contributed by atoms with Crippen molar-refractivity contribution in [3.05, 3.63) is 115 Å². The van der Waals surface area contributed by atoms with Crippen molar-refractivity contribution in [2.24, 2.45) is 0 Å². The molecule has 3 aromatic carbocycles. The van der Waals surface area contributed by atoms with E-state index >= 15 is 0 Å². The third-order valence-corrected chi connectivity index (χ3v) is 6.71. The van der Waals surface area contributed by atoms with Crippen LogP contribution in [0.1, 0.15) is 27.9 Å². The number of para-hydroxylation sites is 1. The van der Waals surface area contributed by atoms with Gasteiger partial charge in [-0.1, -0.05) is 60.1 Å². The summed E-state index contributed by atoms with van der Waals surface area (Å²) < 4.78 is 1.49. The number of amides is 1. The van der Waals surface area contributed by atoms with Gasteiger partial charge in [-0.05, 0) is 41.8 Å². The molecule has 0 bridgehead atoms. The van der Waals surface area contributed by atoms with E-state index in [2.05, 4.69) is 27.3 Å². The molecule has 2 heterocycles. The normalized spacial score (nSPS) is 16.0. The maximum Gasteiger partial charge on any atom is 0.329 e. The van der Waals surface area contributed by atoms with Gasteiger partial charge in [-0.25, -0.2) is 4.79 Å². The summed E-state index contributed by atoms with van der Waals surface area (Å²) in [6.07, 6.45) is 0.870. The number of carbonyl (C=O) groups excluding carboxylic acids is 1. The number of hydrogen-bond donors (Lipinski definition) is 2. The molecule has 0 aliphatic carbocycles. The van der Waals surface area contributed by atoms with E-state index in [1.807, 2.05) is 18.2 Å². The first-order valence-corrected chi connectivity index (χ1v) is 11.9. The number of rotatable bonds is 6. The van der Waals surface area contributed by atoms with Gasteiger partial charge in [0.05, 0.1) is 28.0 Å². The van der Waals surface area contributed by atoms with Gasteiger partial charge in [-0.3, -0.25) is 24.0 Å². The van der Waals surface area contributed by atoms with E-state index in [1.54, 1.807) is 42.5 Å². The molecule has 1 unspecified atom stereocenters. The monoisotopic (exact) mass is 488 g/mol. The molecule has 0 spiro atoms. The standard InChI is InChI=1S/C27H25ClN4O3/c28-23-11-10-19(16-32-24-9-5-4-8-21(24)25(33)30-27(32)35)14-22(23)26(34)29-20-12-13-31(17-20)15-18-6-2-1-3-7-18/h1-11,14,20H,12-13,15-17H2,(H,29,34)(H,30,33,35). The van der Waals surface area contributed by atoms with Gasteiger partial charge in [0.15, 0.2) is 0 Å². The highest BCUT2D eigenvalue weighted by Crippen LogP contribution is 2.20. The zero-order valence-corrected chi connectivity index (χ0v) is 19.8. The smallest absolute Gasteiger partial charge is 0.329 e. The van der Waals surface area contributed by atoms with Crippen molar-refractivity contribution in [2.45, 2.75) is 25.6 Å². The second kappa shape index (κ2) is 9.90. The lowest BCUT2D eigenvalue weighted by Gasteiger charge is -2.17. The molecule has 7 nitrogen and oxygen atoms in total. The van der Waals surface area contributed by atoms with Crippen LogP contribution < -0.4 is 16.6 Å². The first-order chi connectivity index (χ1) is 17.0. The Kier molecular flexibility index (Phi) is 6.53. The Morgan fingerprint density at radius 2 is 1.74 bits per heavy atom. The van der Waals surface area contributed by atoms with E-state index in [0.717, 1.165) is 31.6 Å². The van der Waals surface area contributed by atoms with Crippen LogP contribution in [0, 0.1) is 0 Å². The first kappa shape index (κ1) is 23.1. The van der Waals surface area contributed by atoms with Gasteiger partial charge in [-0.15, -0.1) is 0 Å². The van der Waals surface area contributed by atoms with Crippen LogP contribution in [0.4, 0.5) is 0 Å². The van der Waals surface area contributed by atoms with Gasteiger partial charge in [0.1, 0.15) is 0 Å². The average molecular weight is 489 g/mol. The van der Waals surface area contributed by atoms with Gasteiger partial charge >= 0.3 is 5.69 Å². The van der Waals surface area contributed by atoms with Crippen LogP contribution in [0.15, 0.2) is 82.4 Å². The lowest BCUT2D eigenvalue weighted by atomic mass is 10.1. The fraction of sp³-hybridized carbons (Fsp3) is 0.222. The number of likely N-dealkylation sites (tertiary alicyclic amines) is 1. The van der Waals surface area contributed by atoms with E-state index in [-0.39, 0.29) is 18.5 Å². The van der Waals surface area contributed by atoms with Gasteiger partial charge in [0.25, 0.3) is 11.5 Å². The molecule has 1 saturated heterocycles. The van der Waals surface area contributed by atoms with Crippen molar-refractivity contribution in [3.8, 4) is 0 Å². The summed E-state index contributed by atoms with van der Waals surface area (Å²) in [5.41, 5.74) is 1.96. The van der Waals surface area contributed by atoms with Crippen LogP contribution in [0.3, 0.4) is 0 Å². The third-order valence-electron chi connectivity index (χ3n) is 6.38. The number of benzene rings is 3. The minimum absolute atomic E-state index is 0.0386. The van der Waals surface area contributed by atoms with Crippen LogP contribution in [-0.4, -0.2) is 39.5 Å². The summed E-state index contributed by atoms with van der Waals surface area (Å²) in [6, 6.07) is 22.4. The molecule has 0 saturated carbocycles. The topological polar surface area (TPSA) is 87.2 Å². The second-order valence-corrected chi connectivity index (χ2v) is 9.26. The maximum absolute atomic E-state index is 13.1. The number of fused-ring (bicyclic) bond motifs is 1. The van der Waals surface area contributed by atoms with E-state index in [1.165, 1.54) is 10.1 Å². The van der Waals surface area contributed by atoms with Crippen molar-refractivity contribution in [3.63, 3.8) is 0 Å². The summed E-state index contributed by atoms with van der Waals surface area (Å²) in [5.74, 6) is -0.234. The van der Waals surface area contributed by atoms with Crippen molar-refractivity contribution < 1.29 is 4.79 Å². The molecule has 1 aromatic heterocycles. The molecule has 178 valence electrons. The number of H-pyrrole nitrogens is 1. The number of nitrogens with one attached hydrogen (secondary N) is 2. The molecular formula is C27H25ClN4O3. The Hall–Kier alpha value is -3.68. The van der Waals surface area contributed by atoms with Crippen LogP contribution in [0.2, 0.25) is 5.02 Å². The fourth-order valence-electron chi connectivity index (χ4n) is 4.63. The summed E-state index contributed by atoms with van der Waals surface area (Å²) in [7, 11) is 0. The molecule has 8 heteroatoms. The van der Waals surface area contributed by atoms with E-state index in [0.29, 0.717) is 21.5 Å². The molecular weight excluding hydrogens is 464 g/mol. The van der Waals surface area contributed by atoms with Crippen molar-refractivity contribution in [1.29, 1.82) is 0 Å². The molecule has 1 atom stereocenters. The molecule has 35 heavy (non-hydrogen) atoms. The highest BCUT2D eigenvalue weighted by atomic mass is 35.5. The van der Waals surface area contributed by atoms with Gasteiger partial charge in [0.2, 0.25) is 0 Å². The van der Waals surface area contributed by atoms with Gasteiger partial charge in [-0.2, -0.15) is 0 Å². The summed E-state index contributed by atoms with van der Waals surface area (Å²) in [6.45, 7) is 2.74. The molecule has 2 N–H and O–H groups in total. The quantitative estimate of drug-likeness (QED) is 0.435. The number of halogens is 1. The molecule has 5 rings (SSSR count). The van der Waals surface area contributed by atoms with Crippen LogP contribution in [0.5, 0.6) is 0 Å². The second-order valence-electron chi connectivity index (χ2n) is 8.86. The van der Waals surface area contributed by atoms with E-state index in [9.17, 15) is 14.4 Å². The van der Waals surface area contributed by atoms with E-state index < -0.39 is 11.2 Å². The Labute approximate surface area is 207 Å². The van der Waals surface area contributed by atoms with Crippen LogP contribution in [-0.2, 0) is 13.1 Å². The Balaban J connectivity index is 1.31. The highest BCUT2D eigenvalue weighted by molar-refractivity contribution is 6.33. The number of carbonyl (C=O) groups is 1. The molecule has 1 aliphatic rings. The number of nitrogens with zero attached hydrogens (tertiary/aromatic N) is 2. The van der Waals surface area contributed by atoms with E-state index in [4.69, 9.17) is 11.6 Å². The lowest BCUT2D eigenvalue weighted by molar-refractivity contribution is 0.0937. The zero-order chi connectivity index (χ0) is 24.4.